The molecule has 0 saturated carbocycles. The molecule has 0 radical (unpaired) electrons. The first-order chi connectivity index (χ1) is 14.6. The van der Waals surface area contributed by atoms with Crippen LogP contribution in [0.2, 0.25) is 0 Å². The molecule has 3 rings (SSSR count). The van der Waals surface area contributed by atoms with Crippen LogP contribution in [0, 0.1) is 15.9 Å². The average molecular weight is 427 g/mol. The molecule has 1 heterocycles. The largest absolute Gasteiger partial charge is 0.321 e. The minimum atomic E-state index is -1.08. The van der Waals surface area contributed by atoms with E-state index in [9.17, 15) is 28.9 Å². The molecule has 0 aliphatic carbocycles. The highest BCUT2D eigenvalue weighted by molar-refractivity contribution is 6.23. The number of non-ortho nitro benzene ring substituents is 1. The van der Waals surface area contributed by atoms with E-state index in [4.69, 9.17) is 0 Å². The fourth-order valence-electron chi connectivity index (χ4n) is 3.58. The van der Waals surface area contributed by atoms with Crippen molar-refractivity contribution in [2.45, 2.75) is 45.2 Å². The van der Waals surface area contributed by atoms with Crippen molar-refractivity contribution in [1.29, 1.82) is 0 Å². The van der Waals surface area contributed by atoms with Gasteiger partial charge in [0.15, 0.2) is 0 Å². The van der Waals surface area contributed by atoms with Gasteiger partial charge in [-0.05, 0) is 50.6 Å². The second-order valence-electron chi connectivity index (χ2n) is 7.91. The van der Waals surface area contributed by atoms with Crippen LogP contribution in [0.3, 0.4) is 0 Å². The quantitative estimate of drug-likeness (QED) is 0.398. The average Bonchev–Trinajstić information content (AvgIpc) is 3.02. The van der Waals surface area contributed by atoms with Crippen LogP contribution in [-0.4, -0.2) is 39.1 Å². The van der Waals surface area contributed by atoms with E-state index in [0.717, 1.165) is 23.1 Å². The molecule has 3 amide bonds. The summed E-state index contributed by atoms with van der Waals surface area (Å²) in [6, 6.07) is 9.11. The third kappa shape index (κ3) is 4.16. The summed E-state index contributed by atoms with van der Waals surface area (Å²) in [5, 5.41) is 11.1. The van der Waals surface area contributed by atoms with E-state index in [1.165, 1.54) is 35.2 Å². The minimum Gasteiger partial charge on any atom is -0.321 e. The Hall–Kier alpha value is -3.62. The van der Waals surface area contributed by atoms with Gasteiger partial charge in [-0.25, -0.2) is 9.29 Å². The summed E-state index contributed by atoms with van der Waals surface area (Å²) in [5.74, 6) is -2.20. The van der Waals surface area contributed by atoms with Gasteiger partial charge >= 0.3 is 0 Å². The summed E-state index contributed by atoms with van der Waals surface area (Å²) in [6.07, 6.45) is 0.239. The number of anilines is 1. The number of benzene rings is 2. The van der Waals surface area contributed by atoms with Gasteiger partial charge in [0.25, 0.3) is 17.5 Å². The highest BCUT2D eigenvalue weighted by atomic mass is 19.1. The molecule has 0 spiro atoms. The smallest absolute Gasteiger partial charge is 0.270 e. The molecule has 1 unspecified atom stereocenters. The van der Waals surface area contributed by atoms with E-state index >= 15 is 0 Å². The number of hydrogen-bond donors (Lipinski definition) is 0. The zero-order chi connectivity index (χ0) is 22.9. The fourth-order valence-corrected chi connectivity index (χ4v) is 3.58. The van der Waals surface area contributed by atoms with Crippen LogP contribution in [-0.2, 0) is 9.59 Å². The van der Waals surface area contributed by atoms with Crippen LogP contribution in [0.1, 0.15) is 44.0 Å². The first kappa shape index (κ1) is 22.1. The summed E-state index contributed by atoms with van der Waals surface area (Å²) in [5.41, 5.74) is -0.796. The maximum Gasteiger partial charge on any atom is 0.270 e. The lowest BCUT2D eigenvalue weighted by molar-refractivity contribution is -0.384. The predicted molar refractivity (Wildman–Crippen MR) is 111 cm³/mol. The predicted octanol–water partition coefficient (Wildman–Crippen LogP) is 3.70. The summed E-state index contributed by atoms with van der Waals surface area (Å²) in [6.45, 7) is 5.37. The van der Waals surface area contributed by atoms with E-state index in [1.54, 1.807) is 13.8 Å². The molecule has 2 aromatic rings. The molecule has 2 aromatic carbocycles. The number of nitro benzene ring substituents is 1. The van der Waals surface area contributed by atoms with Crippen molar-refractivity contribution in [3.63, 3.8) is 0 Å². The number of hydrogen-bond acceptors (Lipinski definition) is 5. The number of carbonyl (C=O) groups is 3. The normalized spacial score (nSPS) is 16.5. The Morgan fingerprint density at radius 2 is 1.87 bits per heavy atom. The number of amides is 3. The number of carbonyl (C=O) groups excluding carboxylic acids is 3. The van der Waals surface area contributed by atoms with E-state index in [2.05, 4.69) is 0 Å². The SMILES string of the molecule is CCC(C)(C)N(C(=O)c1cccc([N+](=O)[O-])c1)C1CC(=O)N(c2ccc(F)cc2)C1=O. The molecular formula is C22H22FN3O5. The molecule has 1 atom stereocenters. The van der Waals surface area contributed by atoms with Crippen LogP contribution in [0.15, 0.2) is 48.5 Å². The summed E-state index contributed by atoms with van der Waals surface area (Å²) >= 11 is 0. The van der Waals surface area contributed by atoms with Crippen LogP contribution >= 0.6 is 0 Å². The zero-order valence-electron chi connectivity index (χ0n) is 17.4. The molecule has 9 heteroatoms. The second-order valence-corrected chi connectivity index (χ2v) is 7.91. The topological polar surface area (TPSA) is 101 Å². The van der Waals surface area contributed by atoms with Crippen LogP contribution in [0.4, 0.5) is 15.8 Å². The Morgan fingerprint density at radius 1 is 1.23 bits per heavy atom. The first-order valence-corrected chi connectivity index (χ1v) is 9.77. The highest BCUT2D eigenvalue weighted by Gasteiger charge is 2.48. The van der Waals surface area contributed by atoms with Gasteiger partial charge in [-0.1, -0.05) is 13.0 Å². The summed E-state index contributed by atoms with van der Waals surface area (Å²) in [4.78, 5) is 52.1. The van der Waals surface area contributed by atoms with Crippen molar-refractivity contribution < 1.29 is 23.7 Å². The van der Waals surface area contributed by atoms with Crippen LogP contribution in [0.25, 0.3) is 0 Å². The Bertz CT molecular complexity index is 1050. The van der Waals surface area contributed by atoms with Gasteiger partial charge in [-0.2, -0.15) is 0 Å². The van der Waals surface area contributed by atoms with Gasteiger partial charge in [0.05, 0.1) is 17.0 Å². The number of halogens is 1. The Morgan fingerprint density at radius 3 is 2.45 bits per heavy atom. The molecule has 8 nitrogen and oxygen atoms in total. The van der Waals surface area contributed by atoms with Crippen LogP contribution in [0.5, 0.6) is 0 Å². The van der Waals surface area contributed by atoms with E-state index < -0.39 is 40.0 Å². The molecule has 1 fully saturated rings. The third-order valence-corrected chi connectivity index (χ3v) is 5.56. The van der Waals surface area contributed by atoms with Gasteiger partial charge < -0.3 is 4.90 Å². The Balaban J connectivity index is 2.02. The molecule has 1 aliphatic heterocycles. The van der Waals surface area contributed by atoms with Crippen molar-refractivity contribution in [3.05, 3.63) is 70.0 Å². The number of rotatable bonds is 6. The summed E-state index contributed by atoms with van der Waals surface area (Å²) in [7, 11) is 0. The molecular weight excluding hydrogens is 405 g/mol. The molecule has 0 bridgehead atoms. The third-order valence-electron chi connectivity index (χ3n) is 5.56. The second kappa shape index (κ2) is 8.25. The molecule has 31 heavy (non-hydrogen) atoms. The van der Waals surface area contributed by atoms with Gasteiger partial charge in [0.2, 0.25) is 5.91 Å². The first-order valence-electron chi connectivity index (χ1n) is 9.77. The van der Waals surface area contributed by atoms with Crippen molar-refractivity contribution >= 4 is 29.1 Å². The van der Waals surface area contributed by atoms with E-state index in [1.807, 2.05) is 6.92 Å². The van der Waals surface area contributed by atoms with Crippen molar-refractivity contribution in [2.75, 3.05) is 4.90 Å². The Labute approximate surface area is 178 Å². The number of nitro groups is 1. The maximum atomic E-state index is 13.4. The van der Waals surface area contributed by atoms with Crippen LogP contribution < -0.4 is 4.90 Å². The zero-order valence-corrected chi connectivity index (χ0v) is 17.4. The number of nitrogens with zero attached hydrogens (tertiary/aromatic N) is 3. The van der Waals surface area contributed by atoms with Gasteiger partial charge in [0, 0.05) is 23.2 Å². The van der Waals surface area contributed by atoms with E-state index in [0.29, 0.717) is 6.42 Å². The fraction of sp³-hybridized carbons (Fsp3) is 0.318. The lowest BCUT2D eigenvalue weighted by atomic mass is 9.94. The standard InChI is InChI=1S/C22H22FN3O5/c1-4-22(2,3)25(20(28)14-6-5-7-17(12-14)26(30)31)18-13-19(27)24(21(18)29)16-10-8-15(23)9-11-16/h5-12,18H,4,13H2,1-3H3. The van der Waals surface area contributed by atoms with E-state index in [-0.39, 0.29) is 23.4 Å². The Kier molecular flexibility index (Phi) is 5.88. The van der Waals surface area contributed by atoms with Crippen molar-refractivity contribution in [2.24, 2.45) is 0 Å². The van der Waals surface area contributed by atoms with Gasteiger partial charge in [-0.3, -0.25) is 24.5 Å². The van der Waals surface area contributed by atoms with Gasteiger partial charge in [-0.15, -0.1) is 0 Å². The molecule has 1 saturated heterocycles. The minimum absolute atomic E-state index is 0.0520. The molecule has 0 N–H and O–H groups in total. The number of imide groups is 1. The monoisotopic (exact) mass is 427 g/mol. The van der Waals surface area contributed by atoms with Crippen molar-refractivity contribution in [3.8, 4) is 0 Å². The maximum absolute atomic E-state index is 13.4. The highest BCUT2D eigenvalue weighted by Crippen LogP contribution is 2.33. The van der Waals surface area contributed by atoms with Crippen molar-refractivity contribution in [1.82, 2.24) is 4.90 Å². The lowest BCUT2D eigenvalue weighted by Gasteiger charge is -2.41. The van der Waals surface area contributed by atoms with Gasteiger partial charge in [0.1, 0.15) is 11.9 Å². The lowest BCUT2D eigenvalue weighted by Crippen LogP contribution is -2.55. The summed E-state index contributed by atoms with van der Waals surface area (Å²) < 4.78 is 13.3. The molecule has 1 aliphatic rings. The molecule has 0 aromatic heterocycles. The molecule has 162 valence electrons.